The molecule has 2 N–H and O–H groups in total. The first-order chi connectivity index (χ1) is 11.7. The number of ether oxygens (including phenoxy) is 1. The molecule has 1 aromatic rings. The van der Waals surface area contributed by atoms with Crippen molar-refractivity contribution in [2.45, 2.75) is 57.7 Å². The van der Waals surface area contributed by atoms with E-state index in [2.05, 4.69) is 38.3 Å². The lowest BCUT2D eigenvalue weighted by Crippen LogP contribution is -2.61. The van der Waals surface area contributed by atoms with Crippen LogP contribution >= 0.6 is 0 Å². The van der Waals surface area contributed by atoms with Crippen LogP contribution in [0.5, 0.6) is 0 Å². The van der Waals surface area contributed by atoms with Gasteiger partial charge in [0.2, 0.25) is 0 Å². The quantitative estimate of drug-likeness (QED) is 0.500. The Bertz CT molecular complexity index is 683. The second-order valence-electron chi connectivity index (χ2n) is 7.86. The maximum atomic E-state index is 12.1. The van der Waals surface area contributed by atoms with Crippen molar-refractivity contribution in [2.75, 3.05) is 7.11 Å². The summed E-state index contributed by atoms with van der Waals surface area (Å²) in [7, 11) is 1.29. The Labute approximate surface area is 150 Å². The number of carbonyl (C=O) groups excluding carboxylic acids is 1. The molecule has 5 heteroatoms. The molecule has 1 aromatic carbocycles. The molecule has 0 amide bonds. The van der Waals surface area contributed by atoms with Gasteiger partial charge in [0.15, 0.2) is 5.57 Å². The standard InChI is InChI=1S/C20H27N3O2/c1-19(2)11-15(12-20(3,4)23-19)22-17(14-9-7-6-8-10-14)16(13-21)18(24)25-5/h6-10,15,22-23H,11-12H2,1-5H3. The van der Waals surface area contributed by atoms with E-state index in [1.54, 1.807) is 0 Å². The molecular weight excluding hydrogens is 314 g/mol. The second kappa shape index (κ2) is 7.28. The second-order valence-corrected chi connectivity index (χ2v) is 7.86. The van der Waals surface area contributed by atoms with Crippen LogP contribution in [0.15, 0.2) is 35.9 Å². The molecule has 0 atom stereocenters. The van der Waals surface area contributed by atoms with Gasteiger partial charge in [-0.25, -0.2) is 4.79 Å². The summed E-state index contributed by atoms with van der Waals surface area (Å²) >= 11 is 0. The van der Waals surface area contributed by atoms with Gasteiger partial charge in [-0.05, 0) is 46.1 Å². The van der Waals surface area contributed by atoms with Crippen molar-refractivity contribution >= 4 is 11.7 Å². The first-order valence-electron chi connectivity index (χ1n) is 8.51. The molecule has 1 aliphatic rings. The van der Waals surface area contributed by atoms with Crippen molar-refractivity contribution in [1.29, 1.82) is 5.26 Å². The number of rotatable bonds is 4. The third-order valence-electron chi connectivity index (χ3n) is 4.35. The van der Waals surface area contributed by atoms with Gasteiger partial charge in [0.05, 0.1) is 12.8 Å². The Hall–Kier alpha value is -2.32. The highest BCUT2D eigenvalue weighted by atomic mass is 16.5. The minimum atomic E-state index is -0.624. The van der Waals surface area contributed by atoms with Crippen LogP contribution in [0, 0.1) is 11.3 Å². The Morgan fingerprint density at radius 2 is 1.76 bits per heavy atom. The van der Waals surface area contributed by atoms with Crippen molar-refractivity contribution in [2.24, 2.45) is 0 Å². The normalized spacial score (nSPS) is 20.2. The maximum Gasteiger partial charge on any atom is 0.350 e. The summed E-state index contributed by atoms with van der Waals surface area (Å²) in [5, 5.41) is 16.6. The van der Waals surface area contributed by atoms with E-state index in [0.717, 1.165) is 18.4 Å². The highest BCUT2D eigenvalue weighted by Gasteiger charge is 2.38. The summed E-state index contributed by atoms with van der Waals surface area (Å²) in [6.07, 6.45) is 1.76. The van der Waals surface area contributed by atoms with E-state index in [9.17, 15) is 10.1 Å². The summed E-state index contributed by atoms with van der Waals surface area (Å²) in [4.78, 5) is 12.1. The molecule has 134 valence electrons. The van der Waals surface area contributed by atoms with E-state index in [1.165, 1.54) is 7.11 Å². The van der Waals surface area contributed by atoms with E-state index in [1.807, 2.05) is 36.4 Å². The maximum absolute atomic E-state index is 12.1. The summed E-state index contributed by atoms with van der Waals surface area (Å²) in [5.41, 5.74) is 1.26. The van der Waals surface area contributed by atoms with E-state index in [-0.39, 0.29) is 22.7 Å². The Balaban J connectivity index is 2.43. The van der Waals surface area contributed by atoms with Gasteiger partial charge >= 0.3 is 5.97 Å². The topological polar surface area (TPSA) is 74.2 Å². The molecule has 1 heterocycles. The van der Waals surface area contributed by atoms with E-state index in [4.69, 9.17) is 4.74 Å². The number of hydrogen-bond acceptors (Lipinski definition) is 5. The third kappa shape index (κ3) is 4.83. The predicted octanol–water partition coefficient (Wildman–Crippen LogP) is 2.99. The van der Waals surface area contributed by atoms with Gasteiger partial charge in [0.25, 0.3) is 0 Å². The summed E-state index contributed by atoms with van der Waals surface area (Å²) in [5.74, 6) is -0.624. The Morgan fingerprint density at radius 3 is 2.24 bits per heavy atom. The minimum absolute atomic E-state index is 0.00263. The lowest BCUT2D eigenvalue weighted by molar-refractivity contribution is -0.135. The molecule has 25 heavy (non-hydrogen) atoms. The highest BCUT2D eigenvalue weighted by molar-refractivity contribution is 6.01. The lowest BCUT2D eigenvalue weighted by Gasteiger charge is -2.47. The fourth-order valence-electron chi connectivity index (χ4n) is 3.84. The molecule has 0 aliphatic carbocycles. The lowest BCUT2D eigenvalue weighted by atomic mass is 9.79. The molecule has 0 aromatic heterocycles. The minimum Gasteiger partial charge on any atom is -0.465 e. The molecule has 0 spiro atoms. The van der Waals surface area contributed by atoms with Gasteiger partial charge in [0.1, 0.15) is 6.07 Å². The van der Waals surface area contributed by atoms with E-state index < -0.39 is 5.97 Å². The van der Waals surface area contributed by atoms with E-state index in [0.29, 0.717) is 5.70 Å². The Morgan fingerprint density at radius 1 is 1.20 bits per heavy atom. The van der Waals surface area contributed by atoms with Crippen molar-refractivity contribution in [3.8, 4) is 6.07 Å². The van der Waals surface area contributed by atoms with Crippen LogP contribution in [0.2, 0.25) is 0 Å². The van der Waals surface area contributed by atoms with Crippen molar-refractivity contribution in [3.63, 3.8) is 0 Å². The zero-order chi connectivity index (χ0) is 18.7. The number of benzene rings is 1. The van der Waals surface area contributed by atoms with Crippen LogP contribution in [-0.4, -0.2) is 30.2 Å². The molecule has 1 fully saturated rings. The predicted molar refractivity (Wildman–Crippen MR) is 98.4 cm³/mol. The molecule has 1 saturated heterocycles. The number of piperidine rings is 1. The van der Waals surface area contributed by atoms with Crippen LogP contribution in [0.4, 0.5) is 0 Å². The average Bonchev–Trinajstić information content (AvgIpc) is 2.52. The van der Waals surface area contributed by atoms with E-state index >= 15 is 0 Å². The number of nitrogens with zero attached hydrogens (tertiary/aromatic N) is 1. The van der Waals surface area contributed by atoms with Gasteiger partial charge in [-0.15, -0.1) is 0 Å². The van der Waals surface area contributed by atoms with Gasteiger partial charge < -0.3 is 15.4 Å². The smallest absolute Gasteiger partial charge is 0.350 e. The zero-order valence-electron chi connectivity index (χ0n) is 15.6. The van der Waals surface area contributed by atoms with Crippen molar-refractivity contribution in [1.82, 2.24) is 10.6 Å². The molecule has 2 rings (SSSR count). The molecular formula is C20H27N3O2. The van der Waals surface area contributed by atoms with Crippen LogP contribution in [0.1, 0.15) is 46.1 Å². The number of esters is 1. The number of hydrogen-bond donors (Lipinski definition) is 2. The summed E-state index contributed by atoms with van der Waals surface area (Å²) < 4.78 is 4.81. The third-order valence-corrected chi connectivity index (χ3v) is 4.35. The highest BCUT2D eigenvalue weighted by Crippen LogP contribution is 2.30. The number of nitriles is 1. The van der Waals surface area contributed by atoms with Gasteiger partial charge in [-0.2, -0.15) is 5.26 Å². The van der Waals surface area contributed by atoms with Gasteiger partial charge in [-0.1, -0.05) is 30.3 Å². The fourth-order valence-corrected chi connectivity index (χ4v) is 3.84. The van der Waals surface area contributed by atoms with Crippen molar-refractivity contribution < 1.29 is 9.53 Å². The zero-order valence-corrected chi connectivity index (χ0v) is 15.6. The number of carbonyl (C=O) groups is 1. The monoisotopic (exact) mass is 341 g/mol. The molecule has 0 saturated carbocycles. The molecule has 1 aliphatic heterocycles. The van der Waals surface area contributed by atoms with Crippen molar-refractivity contribution in [3.05, 3.63) is 41.5 Å². The largest absolute Gasteiger partial charge is 0.465 e. The van der Waals surface area contributed by atoms with Crippen LogP contribution < -0.4 is 10.6 Å². The first-order valence-corrected chi connectivity index (χ1v) is 8.51. The first kappa shape index (κ1) is 19.0. The van der Waals surface area contributed by atoms with Gasteiger partial charge in [0, 0.05) is 17.1 Å². The fraction of sp³-hybridized carbons (Fsp3) is 0.500. The van der Waals surface area contributed by atoms with Gasteiger partial charge in [-0.3, -0.25) is 0 Å². The molecule has 5 nitrogen and oxygen atoms in total. The summed E-state index contributed by atoms with van der Waals surface area (Å²) in [6, 6.07) is 11.6. The molecule has 0 radical (unpaired) electrons. The number of methoxy groups -OCH3 is 1. The van der Waals surface area contributed by atoms with Crippen LogP contribution in [0.25, 0.3) is 5.70 Å². The Kier molecular flexibility index (Phi) is 5.54. The molecule has 0 bridgehead atoms. The van der Waals surface area contributed by atoms with Crippen LogP contribution in [0.3, 0.4) is 0 Å². The summed E-state index contributed by atoms with van der Waals surface area (Å²) in [6.45, 7) is 8.67. The van der Waals surface area contributed by atoms with Crippen LogP contribution in [-0.2, 0) is 9.53 Å². The molecule has 0 unspecified atom stereocenters. The average molecular weight is 341 g/mol. The SMILES string of the molecule is COC(=O)C(C#N)=C(NC1CC(C)(C)NC(C)(C)C1)c1ccccc1. The number of nitrogens with one attached hydrogen (secondary N) is 2.